The molecule has 1 aliphatic heterocycles. The van der Waals surface area contributed by atoms with Crippen LogP contribution in [0.5, 0.6) is 0 Å². The number of piperazine rings is 1. The lowest BCUT2D eigenvalue weighted by Gasteiger charge is -2.34. The van der Waals surface area contributed by atoms with Crippen LogP contribution in [0.4, 0.5) is 5.95 Å². The molecule has 1 aromatic rings. The van der Waals surface area contributed by atoms with E-state index in [2.05, 4.69) is 15.1 Å². The molecule has 0 aromatic carbocycles. The van der Waals surface area contributed by atoms with E-state index in [4.69, 9.17) is 15.8 Å². The number of amides is 1. The Morgan fingerprint density at radius 1 is 1.48 bits per heavy atom. The summed E-state index contributed by atoms with van der Waals surface area (Å²) in [6.07, 6.45) is 4.42. The molecule has 0 bridgehead atoms. The van der Waals surface area contributed by atoms with Crippen molar-refractivity contribution in [2.24, 2.45) is 10.9 Å². The van der Waals surface area contributed by atoms with Crippen molar-refractivity contribution in [2.75, 3.05) is 37.7 Å². The molecule has 2 heterocycles. The van der Waals surface area contributed by atoms with Crippen molar-refractivity contribution in [3.05, 3.63) is 18.0 Å². The number of carbonyl (C=O) groups excluding carboxylic acids is 1. The lowest BCUT2D eigenvalue weighted by atomic mass is 10.3. The third-order valence-corrected chi connectivity index (χ3v) is 3.24. The molecule has 2 rings (SSSR count). The first-order valence-corrected chi connectivity index (χ1v) is 7.26. The van der Waals surface area contributed by atoms with Crippen LogP contribution in [0.2, 0.25) is 0 Å². The molecule has 122 valence electrons. The Kier molecular flexibility index (Phi) is 5.82. The maximum absolute atomic E-state index is 12.0. The Hall–Kier alpha value is -2.73. The Bertz CT molecular complexity index is 586. The van der Waals surface area contributed by atoms with Crippen molar-refractivity contribution < 1.29 is 9.63 Å². The molecule has 1 amide bonds. The molecule has 0 spiro atoms. The smallest absolute Gasteiger partial charge is 0.263 e. The number of hydrogen-bond donors (Lipinski definition) is 1. The van der Waals surface area contributed by atoms with Crippen LogP contribution in [0.15, 0.2) is 17.5 Å². The van der Waals surface area contributed by atoms with Crippen LogP contribution in [-0.4, -0.2) is 65.8 Å². The van der Waals surface area contributed by atoms with Crippen molar-refractivity contribution >= 4 is 18.1 Å². The van der Waals surface area contributed by atoms with Gasteiger partial charge in [-0.2, -0.15) is 5.26 Å². The summed E-state index contributed by atoms with van der Waals surface area (Å²) < 4.78 is 0. The predicted molar refractivity (Wildman–Crippen MR) is 83.6 cm³/mol. The summed E-state index contributed by atoms with van der Waals surface area (Å²) in [6.45, 7) is 4.03. The van der Waals surface area contributed by atoms with E-state index < -0.39 is 0 Å². The summed E-state index contributed by atoms with van der Waals surface area (Å²) in [5, 5.41) is 12.4. The third kappa shape index (κ3) is 4.89. The number of nitriles is 1. The molecule has 0 aliphatic carbocycles. The molecule has 1 aromatic heterocycles. The van der Waals surface area contributed by atoms with Crippen LogP contribution < -0.4 is 10.6 Å². The van der Waals surface area contributed by atoms with Gasteiger partial charge in [-0.1, -0.05) is 5.16 Å². The summed E-state index contributed by atoms with van der Waals surface area (Å²) in [6, 6.07) is 1.77. The van der Waals surface area contributed by atoms with Crippen molar-refractivity contribution in [1.29, 1.82) is 5.26 Å². The van der Waals surface area contributed by atoms with Crippen LogP contribution in [0, 0.1) is 11.3 Å². The quantitative estimate of drug-likeness (QED) is 0.565. The van der Waals surface area contributed by atoms with Gasteiger partial charge in [0, 0.05) is 32.2 Å². The highest BCUT2D eigenvalue weighted by Crippen LogP contribution is 2.10. The number of oxime groups is 1. The summed E-state index contributed by atoms with van der Waals surface area (Å²) in [4.78, 5) is 28.9. The minimum atomic E-state index is -0.207. The first kappa shape index (κ1) is 16.6. The molecular weight excluding hydrogens is 298 g/mol. The van der Waals surface area contributed by atoms with Gasteiger partial charge in [-0.3, -0.25) is 4.79 Å². The van der Waals surface area contributed by atoms with Gasteiger partial charge in [-0.05, 0) is 6.92 Å². The van der Waals surface area contributed by atoms with E-state index in [9.17, 15) is 4.79 Å². The number of aromatic nitrogens is 2. The van der Waals surface area contributed by atoms with Gasteiger partial charge < -0.3 is 20.4 Å². The van der Waals surface area contributed by atoms with Crippen molar-refractivity contribution in [2.45, 2.75) is 13.0 Å². The number of anilines is 1. The van der Waals surface area contributed by atoms with Crippen LogP contribution in [-0.2, 0) is 9.63 Å². The standard InChI is InChI=1S/C14H19N7O2/c1-11(16)7-19-23-10-13(22)20-2-4-21(5-3-20)14-17-8-12(6-15)9-18-14/h7-9,11H,2-5,10,16H2,1H3. The second kappa shape index (κ2) is 8.05. The predicted octanol–water partition coefficient (Wildman–Crippen LogP) is -0.654. The zero-order valence-electron chi connectivity index (χ0n) is 12.9. The fourth-order valence-electron chi connectivity index (χ4n) is 2.02. The molecule has 1 atom stereocenters. The van der Waals surface area contributed by atoms with E-state index in [1.165, 1.54) is 18.6 Å². The molecule has 1 fully saturated rings. The first-order chi connectivity index (χ1) is 11.1. The maximum Gasteiger partial charge on any atom is 0.263 e. The van der Waals surface area contributed by atoms with Gasteiger partial charge in [0.2, 0.25) is 5.95 Å². The van der Waals surface area contributed by atoms with Gasteiger partial charge in [0.05, 0.1) is 24.2 Å². The monoisotopic (exact) mass is 317 g/mol. The number of nitrogens with two attached hydrogens (primary N) is 1. The molecule has 1 unspecified atom stereocenters. The largest absolute Gasteiger partial charge is 0.386 e. The van der Waals surface area contributed by atoms with Crippen LogP contribution in [0.3, 0.4) is 0 Å². The van der Waals surface area contributed by atoms with E-state index in [-0.39, 0.29) is 18.6 Å². The van der Waals surface area contributed by atoms with Crippen molar-refractivity contribution in [3.63, 3.8) is 0 Å². The molecule has 9 nitrogen and oxygen atoms in total. The van der Waals surface area contributed by atoms with E-state index in [0.717, 1.165) is 0 Å². The second-order valence-electron chi connectivity index (χ2n) is 5.14. The fourth-order valence-corrected chi connectivity index (χ4v) is 2.02. The second-order valence-corrected chi connectivity index (χ2v) is 5.14. The normalized spacial score (nSPS) is 16.2. The molecule has 23 heavy (non-hydrogen) atoms. The maximum atomic E-state index is 12.0. The first-order valence-electron chi connectivity index (χ1n) is 7.26. The SMILES string of the molecule is CC(N)C=NOCC(=O)N1CCN(c2ncc(C#N)cn2)CC1. The average molecular weight is 317 g/mol. The summed E-state index contributed by atoms with van der Waals surface area (Å²) >= 11 is 0. The van der Waals surface area contributed by atoms with Crippen LogP contribution >= 0.6 is 0 Å². The lowest BCUT2D eigenvalue weighted by Crippen LogP contribution is -2.50. The molecule has 2 N–H and O–H groups in total. The summed E-state index contributed by atoms with van der Waals surface area (Å²) in [5.41, 5.74) is 5.90. The Morgan fingerprint density at radius 2 is 2.13 bits per heavy atom. The topological polar surface area (TPSA) is 121 Å². The summed E-state index contributed by atoms with van der Waals surface area (Å²) in [5.74, 6) is 0.445. The van der Waals surface area contributed by atoms with Gasteiger partial charge >= 0.3 is 0 Å². The van der Waals surface area contributed by atoms with Crippen LogP contribution in [0.1, 0.15) is 12.5 Å². The molecular formula is C14H19N7O2. The third-order valence-electron chi connectivity index (χ3n) is 3.24. The lowest BCUT2D eigenvalue weighted by molar-refractivity contribution is -0.136. The number of carbonyl (C=O) groups is 1. The van der Waals surface area contributed by atoms with Gasteiger partial charge in [0.25, 0.3) is 5.91 Å². The summed E-state index contributed by atoms with van der Waals surface area (Å²) in [7, 11) is 0. The van der Waals surface area contributed by atoms with Gasteiger partial charge in [-0.15, -0.1) is 0 Å². The Balaban J connectivity index is 1.78. The Morgan fingerprint density at radius 3 is 2.70 bits per heavy atom. The van der Waals surface area contributed by atoms with Crippen LogP contribution in [0.25, 0.3) is 0 Å². The molecule has 1 saturated heterocycles. The van der Waals surface area contributed by atoms with E-state index in [1.54, 1.807) is 11.8 Å². The van der Waals surface area contributed by atoms with Crippen molar-refractivity contribution in [3.8, 4) is 6.07 Å². The van der Waals surface area contributed by atoms with Gasteiger partial charge in [-0.25, -0.2) is 9.97 Å². The molecule has 9 heteroatoms. The van der Waals surface area contributed by atoms with Crippen molar-refractivity contribution in [1.82, 2.24) is 14.9 Å². The van der Waals surface area contributed by atoms with Gasteiger partial charge in [0.1, 0.15) is 6.07 Å². The highest BCUT2D eigenvalue weighted by Gasteiger charge is 2.22. The zero-order valence-corrected chi connectivity index (χ0v) is 12.9. The minimum Gasteiger partial charge on any atom is -0.386 e. The molecule has 0 saturated carbocycles. The highest BCUT2D eigenvalue weighted by molar-refractivity contribution is 5.77. The van der Waals surface area contributed by atoms with Gasteiger partial charge in [0.15, 0.2) is 6.61 Å². The number of nitrogens with zero attached hydrogens (tertiary/aromatic N) is 6. The van der Waals surface area contributed by atoms with E-state index >= 15 is 0 Å². The Labute approximate surface area is 134 Å². The minimum absolute atomic E-state index is 0.101. The highest BCUT2D eigenvalue weighted by atomic mass is 16.6. The van der Waals surface area contributed by atoms with E-state index in [0.29, 0.717) is 37.7 Å². The zero-order chi connectivity index (χ0) is 16.7. The number of hydrogen-bond acceptors (Lipinski definition) is 8. The average Bonchev–Trinajstić information content (AvgIpc) is 2.58. The molecule has 0 radical (unpaired) electrons. The number of rotatable bonds is 5. The molecule has 1 aliphatic rings. The van der Waals surface area contributed by atoms with E-state index in [1.807, 2.05) is 11.0 Å². The fraction of sp³-hybridized carbons (Fsp3) is 0.500.